The Kier molecular flexibility index (Phi) is 7.19. The minimum Gasteiger partial charge on any atom is -0.494 e. The molecule has 2 N–H and O–H groups in total. The molecule has 1 aromatic rings. The molecular formula is C17H25BrN2O2. The lowest BCUT2D eigenvalue weighted by atomic mass is 10.0. The van der Waals surface area contributed by atoms with Gasteiger partial charge in [-0.3, -0.25) is 4.79 Å². The third-order valence-electron chi connectivity index (χ3n) is 3.87. The predicted octanol–water partition coefficient (Wildman–Crippen LogP) is 3.25. The van der Waals surface area contributed by atoms with Crippen LogP contribution in [0.15, 0.2) is 28.7 Å². The molecule has 0 spiro atoms. The van der Waals surface area contributed by atoms with Crippen LogP contribution in [0.1, 0.15) is 39.0 Å². The van der Waals surface area contributed by atoms with Crippen molar-refractivity contribution in [1.82, 2.24) is 10.6 Å². The lowest BCUT2D eigenvalue weighted by Crippen LogP contribution is -2.46. The summed E-state index contributed by atoms with van der Waals surface area (Å²) in [7, 11) is 0. The maximum Gasteiger partial charge on any atom is 0.220 e. The zero-order chi connectivity index (χ0) is 15.8. The Morgan fingerprint density at radius 3 is 2.86 bits per heavy atom. The van der Waals surface area contributed by atoms with Gasteiger partial charge in [-0.1, -0.05) is 15.9 Å². The molecule has 0 aliphatic carbocycles. The number of piperidine rings is 1. The van der Waals surface area contributed by atoms with Crippen LogP contribution in [0, 0.1) is 0 Å². The van der Waals surface area contributed by atoms with Gasteiger partial charge in [-0.25, -0.2) is 0 Å². The molecule has 1 fully saturated rings. The molecule has 0 saturated carbocycles. The smallest absolute Gasteiger partial charge is 0.220 e. The summed E-state index contributed by atoms with van der Waals surface area (Å²) in [5.74, 6) is 1.04. The number of unbranched alkanes of at least 4 members (excludes halogenated alkanes) is 1. The molecule has 1 aliphatic rings. The lowest BCUT2D eigenvalue weighted by Gasteiger charge is -2.28. The van der Waals surface area contributed by atoms with Crippen molar-refractivity contribution in [1.29, 1.82) is 0 Å². The normalized spacial score (nSPS) is 21.4. The molecule has 0 aromatic heterocycles. The predicted molar refractivity (Wildman–Crippen MR) is 92.1 cm³/mol. The average Bonchev–Trinajstić information content (AvgIpc) is 2.49. The third-order valence-corrected chi connectivity index (χ3v) is 4.40. The van der Waals surface area contributed by atoms with Crippen molar-refractivity contribution in [3.8, 4) is 5.75 Å². The van der Waals surface area contributed by atoms with Crippen LogP contribution < -0.4 is 15.4 Å². The first-order chi connectivity index (χ1) is 10.6. The Hall–Kier alpha value is -1.07. The molecule has 0 bridgehead atoms. The van der Waals surface area contributed by atoms with Gasteiger partial charge in [0.15, 0.2) is 0 Å². The van der Waals surface area contributed by atoms with E-state index in [2.05, 4.69) is 33.5 Å². The van der Waals surface area contributed by atoms with Crippen LogP contribution in [0.25, 0.3) is 0 Å². The molecule has 2 atom stereocenters. The van der Waals surface area contributed by atoms with Crippen molar-refractivity contribution in [3.05, 3.63) is 28.7 Å². The highest BCUT2D eigenvalue weighted by Gasteiger charge is 2.19. The van der Waals surface area contributed by atoms with E-state index in [1.165, 1.54) is 0 Å². The van der Waals surface area contributed by atoms with Crippen LogP contribution in [0.5, 0.6) is 5.75 Å². The summed E-state index contributed by atoms with van der Waals surface area (Å²) >= 11 is 3.39. The summed E-state index contributed by atoms with van der Waals surface area (Å²) in [6, 6.07) is 8.64. The minimum atomic E-state index is 0.169. The van der Waals surface area contributed by atoms with Crippen LogP contribution in [-0.4, -0.2) is 31.1 Å². The van der Waals surface area contributed by atoms with Gasteiger partial charge in [0, 0.05) is 23.0 Å². The highest BCUT2D eigenvalue weighted by atomic mass is 79.9. The number of hydrogen-bond donors (Lipinski definition) is 2. The maximum absolute atomic E-state index is 11.9. The second-order valence-electron chi connectivity index (χ2n) is 5.90. The number of ether oxygens (including phenoxy) is 1. The van der Waals surface area contributed by atoms with Crippen LogP contribution in [-0.2, 0) is 4.79 Å². The quantitative estimate of drug-likeness (QED) is 0.726. The number of carbonyl (C=O) groups is 1. The number of benzene rings is 1. The van der Waals surface area contributed by atoms with Crippen LogP contribution in [0.3, 0.4) is 0 Å². The van der Waals surface area contributed by atoms with E-state index in [1.54, 1.807) is 0 Å². The van der Waals surface area contributed by atoms with Gasteiger partial charge >= 0.3 is 0 Å². The Labute approximate surface area is 141 Å². The van der Waals surface area contributed by atoms with Crippen LogP contribution >= 0.6 is 15.9 Å². The number of halogens is 1. The van der Waals surface area contributed by atoms with Gasteiger partial charge in [-0.05, 0) is 63.4 Å². The molecule has 1 amide bonds. The summed E-state index contributed by atoms with van der Waals surface area (Å²) < 4.78 is 6.69. The zero-order valence-corrected chi connectivity index (χ0v) is 14.7. The topological polar surface area (TPSA) is 50.4 Å². The van der Waals surface area contributed by atoms with Gasteiger partial charge in [0.1, 0.15) is 5.75 Å². The van der Waals surface area contributed by atoms with Gasteiger partial charge < -0.3 is 15.4 Å². The molecule has 1 aromatic carbocycles. The summed E-state index contributed by atoms with van der Waals surface area (Å²) in [6.45, 7) is 3.81. The first kappa shape index (κ1) is 17.3. The van der Waals surface area contributed by atoms with E-state index >= 15 is 0 Å². The van der Waals surface area contributed by atoms with Crippen molar-refractivity contribution in [3.63, 3.8) is 0 Å². The third kappa shape index (κ3) is 6.36. The number of amides is 1. The molecule has 2 unspecified atom stereocenters. The van der Waals surface area contributed by atoms with Crippen molar-refractivity contribution in [2.45, 2.75) is 51.1 Å². The molecule has 1 aliphatic heterocycles. The zero-order valence-electron chi connectivity index (χ0n) is 13.1. The molecular weight excluding hydrogens is 344 g/mol. The first-order valence-corrected chi connectivity index (χ1v) is 8.84. The molecule has 1 heterocycles. The van der Waals surface area contributed by atoms with E-state index < -0.39 is 0 Å². The van der Waals surface area contributed by atoms with E-state index in [9.17, 15) is 4.79 Å². The molecule has 5 heteroatoms. The van der Waals surface area contributed by atoms with E-state index in [-0.39, 0.29) is 5.91 Å². The van der Waals surface area contributed by atoms with E-state index in [0.717, 1.165) is 42.5 Å². The number of hydrogen-bond acceptors (Lipinski definition) is 3. The Bertz CT molecular complexity index is 464. The van der Waals surface area contributed by atoms with Gasteiger partial charge in [0.05, 0.1) is 6.61 Å². The van der Waals surface area contributed by atoms with Crippen molar-refractivity contribution >= 4 is 21.8 Å². The summed E-state index contributed by atoms with van der Waals surface area (Å²) in [6.07, 6.45) is 4.40. The standard InChI is InChI=1S/C17H25BrN2O2/c1-13-12-15(9-10-19-13)20-17(21)4-2-3-11-22-16-7-5-14(18)6-8-16/h5-8,13,15,19H,2-4,9-12H2,1H3,(H,20,21). The number of nitrogens with one attached hydrogen (secondary N) is 2. The minimum absolute atomic E-state index is 0.169. The number of rotatable bonds is 7. The van der Waals surface area contributed by atoms with E-state index in [4.69, 9.17) is 4.74 Å². The SMILES string of the molecule is CC1CC(NC(=O)CCCCOc2ccc(Br)cc2)CCN1. The fraction of sp³-hybridized carbons (Fsp3) is 0.588. The fourth-order valence-corrected chi connectivity index (χ4v) is 2.94. The average molecular weight is 369 g/mol. The molecule has 0 radical (unpaired) electrons. The Balaban J connectivity index is 1.54. The van der Waals surface area contributed by atoms with Crippen molar-refractivity contribution in [2.24, 2.45) is 0 Å². The summed E-state index contributed by atoms with van der Waals surface area (Å²) in [4.78, 5) is 11.9. The summed E-state index contributed by atoms with van der Waals surface area (Å²) in [5.41, 5.74) is 0. The summed E-state index contributed by atoms with van der Waals surface area (Å²) in [5, 5.41) is 6.53. The van der Waals surface area contributed by atoms with Crippen molar-refractivity contribution < 1.29 is 9.53 Å². The highest BCUT2D eigenvalue weighted by molar-refractivity contribution is 9.10. The van der Waals surface area contributed by atoms with E-state index in [0.29, 0.717) is 25.1 Å². The molecule has 4 nitrogen and oxygen atoms in total. The number of carbonyl (C=O) groups excluding carboxylic acids is 1. The van der Waals surface area contributed by atoms with Crippen molar-refractivity contribution in [2.75, 3.05) is 13.2 Å². The van der Waals surface area contributed by atoms with Crippen LogP contribution in [0.4, 0.5) is 0 Å². The largest absolute Gasteiger partial charge is 0.494 e. The fourth-order valence-electron chi connectivity index (χ4n) is 2.67. The Morgan fingerprint density at radius 2 is 2.14 bits per heavy atom. The van der Waals surface area contributed by atoms with Gasteiger partial charge in [0.25, 0.3) is 0 Å². The highest BCUT2D eigenvalue weighted by Crippen LogP contribution is 2.16. The maximum atomic E-state index is 11.9. The molecule has 2 rings (SSSR count). The second-order valence-corrected chi connectivity index (χ2v) is 6.82. The van der Waals surface area contributed by atoms with Gasteiger partial charge in [0.2, 0.25) is 5.91 Å². The molecule has 1 saturated heterocycles. The first-order valence-electron chi connectivity index (χ1n) is 8.04. The monoisotopic (exact) mass is 368 g/mol. The second kappa shape index (κ2) is 9.16. The van der Waals surface area contributed by atoms with Gasteiger partial charge in [-0.2, -0.15) is 0 Å². The lowest BCUT2D eigenvalue weighted by molar-refractivity contribution is -0.122. The van der Waals surface area contributed by atoms with Gasteiger partial charge in [-0.15, -0.1) is 0 Å². The Morgan fingerprint density at radius 1 is 1.36 bits per heavy atom. The molecule has 122 valence electrons. The van der Waals surface area contributed by atoms with E-state index in [1.807, 2.05) is 24.3 Å². The molecule has 22 heavy (non-hydrogen) atoms. The van der Waals surface area contributed by atoms with Crippen LogP contribution in [0.2, 0.25) is 0 Å².